The molecule has 3 atom stereocenters. The highest BCUT2D eigenvalue weighted by Gasteiger charge is 2.46. The van der Waals surface area contributed by atoms with Gasteiger partial charge >= 0.3 is 0 Å². The predicted octanol–water partition coefficient (Wildman–Crippen LogP) is 2.16. The number of aromatic nitrogens is 2. The second-order valence-corrected chi connectivity index (χ2v) is 13.6. The fourth-order valence-electron chi connectivity index (χ4n) is 6.35. The van der Waals surface area contributed by atoms with Crippen LogP contribution in [-0.2, 0) is 25.6 Å². The smallest absolute Gasteiger partial charge is 0.293 e. The van der Waals surface area contributed by atoms with Gasteiger partial charge in [0.15, 0.2) is 5.60 Å². The first-order valence-electron chi connectivity index (χ1n) is 17.7. The summed E-state index contributed by atoms with van der Waals surface area (Å²) in [6.07, 6.45) is 1.98. The summed E-state index contributed by atoms with van der Waals surface area (Å²) in [5.41, 5.74) is -0.297. The molecule has 5 heterocycles. The summed E-state index contributed by atoms with van der Waals surface area (Å²) in [5.74, 6) is -1.90. The number of rotatable bonds is 4. The zero-order valence-corrected chi connectivity index (χ0v) is 29.8. The number of nitrogens with one attached hydrogen (secondary N) is 4. The van der Waals surface area contributed by atoms with E-state index in [-0.39, 0.29) is 57.2 Å². The van der Waals surface area contributed by atoms with E-state index in [1.165, 1.54) is 6.92 Å². The molecule has 3 aliphatic heterocycles. The Morgan fingerprint density at radius 3 is 2.32 bits per heavy atom. The lowest BCUT2D eigenvalue weighted by molar-refractivity contribution is -0.143. The van der Waals surface area contributed by atoms with Crippen LogP contribution in [0.4, 0.5) is 0 Å². The average molecular weight is 726 g/mol. The number of hydrogen-bond acceptors (Lipinski definition) is 10. The maximum atomic E-state index is 14.1. The summed E-state index contributed by atoms with van der Waals surface area (Å²) in [6.45, 7) is 5.66. The van der Waals surface area contributed by atoms with Crippen LogP contribution in [0.1, 0.15) is 49.7 Å². The maximum absolute atomic E-state index is 14.1. The quantitative estimate of drug-likeness (QED) is 0.227. The SMILES string of the molecule is CC(C)[C@H]1NC(=O)[C@@H](C)NC(=O)C2(CCN(C(=O)c3onc4ncccc34)CC2)Oc2ccc(cc2)OCCNC(=O)[C@H](Cc2ccccc2)NC1=O. The van der Waals surface area contributed by atoms with Gasteiger partial charge in [0.2, 0.25) is 29.1 Å². The molecule has 4 N–H and O–H groups in total. The van der Waals surface area contributed by atoms with Gasteiger partial charge in [0.25, 0.3) is 11.8 Å². The molecule has 0 saturated carbocycles. The van der Waals surface area contributed by atoms with Crippen molar-refractivity contribution in [1.82, 2.24) is 36.3 Å². The molecule has 15 nitrogen and oxygen atoms in total. The topological polar surface area (TPSA) is 194 Å². The highest BCUT2D eigenvalue weighted by atomic mass is 16.5. The number of carbonyl (C=O) groups excluding carboxylic acids is 5. The Bertz CT molecular complexity index is 1940. The average Bonchev–Trinajstić information content (AvgIpc) is 3.60. The third-order valence-electron chi connectivity index (χ3n) is 9.43. The van der Waals surface area contributed by atoms with E-state index in [1.54, 1.807) is 61.3 Å². The lowest BCUT2D eigenvalue weighted by Gasteiger charge is -2.40. The van der Waals surface area contributed by atoms with Crippen LogP contribution in [-0.4, -0.2) is 94.5 Å². The molecular weight excluding hydrogens is 682 g/mol. The van der Waals surface area contributed by atoms with Gasteiger partial charge in [-0.25, -0.2) is 4.98 Å². The molecule has 2 aromatic carbocycles. The molecule has 278 valence electrons. The van der Waals surface area contributed by atoms with Crippen molar-refractivity contribution in [2.45, 2.75) is 63.8 Å². The number of pyridine rings is 1. The minimum absolute atomic E-state index is 0.0567. The maximum Gasteiger partial charge on any atom is 0.293 e. The molecular formula is C38H43N7O8. The van der Waals surface area contributed by atoms with Crippen LogP contribution in [0.5, 0.6) is 11.5 Å². The molecule has 1 spiro atoms. The summed E-state index contributed by atoms with van der Waals surface area (Å²) in [6, 6.07) is 16.4. The van der Waals surface area contributed by atoms with Crippen LogP contribution in [0.15, 0.2) is 77.4 Å². The number of fused-ring (bicyclic) bond motifs is 16. The molecule has 3 aliphatic rings. The standard InChI is InChI=1S/C38H43N7O8/c1-23(2)30-35(48)42-29(22-25-8-5-4-6-9-25)34(47)40-18-21-51-26-11-13-27(14-12-26)52-38(37(50)41-24(3)33(46)43-30)15-19-45(20-16-38)36(49)31-28-10-7-17-39-32(28)44-53-31/h4-14,17,23-24,29-30H,15-16,18-22H2,1-3H3,(H,40,47)(H,41,50)(H,42,48)(H,43,46)/t24-,29+,30-/m1/s1. The van der Waals surface area contributed by atoms with Gasteiger partial charge in [-0.05, 0) is 54.8 Å². The van der Waals surface area contributed by atoms with Crippen molar-refractivity contribution in [1.29, 1.82) is 0 Å². The van der Waals surface area contributed by atoms with Crippen LogP contribution < -0.4 is 30.7 Å². The van der Waals surface area contributed by atoms with Gasteiger partial charge in [0.1, 0.15) is 36.2 Å². The monoisotopic (exact) mass is 725 g/mol. The van der Waals surface area contributed by atoms with Crippen molar-refractivity contribution in [2.75, 3.05) is 26.2 Å². The lowest BCUT2D eigenvalue weighted by Crippen LogP contribution is -2.62. The van der Waals surface area contributed by atoms with Gasteiger partial charge < -0.3 is 40.2 Å². The number of hydrogen-bond donors (Lipinski definition) is 4. The molecule has 0 radical (unpaired) electrons. The molecule has 1 saturated heterocycles. The Morgan fingerprint density at radius 2 is 1.60 bits per heavy atom. The Hall–Kier alpha value is -5.99. The summed E-state index contributed by atoms with van der Waals surface area (Å²) in [5, 5.41) is 15.6. The first-order valence-corrected chi connectivity index (χ1v) is 17.7. The van der Waals surface area contributed by atoms with Gasteiger partial charge in [0, 0.05) is 38.5 Å². The second kappa shape index (κ2) is 16.1. The summed E-state index contributed by atoms with van der Waals surface area (Å²) < 4.78 is 17.6. The van der Waals surface area contributed by atoms with Crippen molar-refractivity contribution in [2.24, 2.45) is 5.92 Å². The van der Waals surface area contributed by atoms with E-state index in [0.29, 0.717) is 22.5 Å². The summed E-state index contributed by atoms with van der Waals surface area (Å²) in [7, 11) is 0. The van der Waals surface area contributed by atoms with Gasteiger partial charge in [-0.1, -0.05) is 49.3 Å². The molecule has 0 unspecified atom stereocenters. The van der Waals surface area contributed by atoms with Crippen molar-refractivity contribution in [3.63, 3.8) is 0 Å². The number of benzene rings is 2. The molecule has 0 aliphatic carbocycles. The first-order chi connectivity index (χ1) is 25.5. The second-order valence-electron chi connectivity index (χ2n) is 13.6. The summed E-state index contributed by atoms with van der Waals surface area (Å²) >= 11 is 0. The van der Waals surface area contributed by atoms with Crippen LogP contribution in [0.3, 0.4) is 0 Å². The number of piperidine rings is 1. The zero-order chi connectivity index (χ0) is 37.5. The van der Waals surface area contributed by atoms with Gasteiger partial charge in [-0.15, -0.1) is 0 Å². The van der Waals surface area contributed by atoms with Gasteiger partial charge in [-0.2, -0.15) is 0 Å². The van der Waals surface area contributed by atoms with E-state index >= 15 is 0 Å². The number of ether oxygens (including phenoxy) is 2. The Kier molecular flexibility index (Phi) is 11.2. The highest BCUT2D eigenvalue weighted by molar-refractivity contribution is 6.03. The minimum Gasteiger partial charge on any atom is -0.492 e. The Labute approximate surface area is 306 Å². The molecule has 5 amide bonds. The van der Waals surface area contributed by atoms with Gasteiger partial charge in [0.05, 0.1) is 11.9 Å². The largest absolute Gasteiger partial charge is 0.492 e. The first kappa shape index (κ1) is 36.8. The van der Waals surface area contributed by atoms with Crippen molar-refractivity contribution in [3.05, 3.63) is 84.3 Å². The predicted molar refractivity (Wildman–Crippen MR) is 192 cm³/mol. The van der Waals surface area contributed by atoms with E-state index in [1.807, 2.05) is 30.3 Å². The normalized spacial score (nSPS) is 21.6. The van der Waals surface area contributed by atoms with E-state index in [2.05, 4.69) is 31.4 Å². The van der Waals surface area contributed by atoms with Crippen LogP contribution in [0, 0.1) is 5.92 Å². The number of amides is 5. The molecule has 15 heteroatoms. The van der Waals surface area contributed by atoms with E-state index in [0.717, 1.165) is 5.56 Å². The van der Waals surface area contributed by atoms with E-state index in [9.17, 15) is 24.0 Å². The van der Waals surface area contributed by atoms with Gasteiger partial charge in [-0.3, -0.25) is 24.0 Å². The molecule has 1 fully saturated rings. The Morgan fingerprint density at radius 1 is 0.887 bits per heavy atom. The van der Waals surface area contributed by atoms with Crippen molar-refractivity contribution >= 4 is 40.6 Å². The van der Waals surface area contributed by atoms with E-state index in [4.69, 9.17) is 14.0 Å². The summed E-state index contributed by atoms with van der Waals surface area (Å²) in [4.78, 5) is 73.9. The number of likely N-dealkylation sites (tertiary alicyclic amines) is 1. The highest BCUT2D eigenvalue weighted by Crippen LogP contribution is 2.32. The molecule has 2 aromatic heterocycles. The molecule has 7 rings (SSSR count). The molecule has 53 heavy (non-hydrogen) atoms. The van der Waals surface area contributed by atoms with Crippen molar-refractivity contribution in [3.8, 4) is 11.5 Å². The van der Waals surface area contributed by atoms with Crippen LogP contribution in [0.25, 0.3) is 11.0 Å². The lowest BCUT2D eigenvalue weighted by atomic mass is 9.89. The van der Waals surface area contributed by atoms with Crippen LogP contribution in [0.2, 0.25) is 0 Å². The fraction of sp³-hybridized carbons (Fsp3) is 0.395. The molecule has 2 bridgehead atoms. The third-order valence-corrected chi connectivity index (χ3v) is 9.43. The Balaban J connectivity index is 1.23. The number of nitrogens with zero attached hydrogens (tertiary/aromatic N) is 3. The van der Waals surface area contributed by atoms with Crippen LogP contribution >= 0.6 is 0 Å². The van der Waals surface area contributed by atoms with Crippen molar-refractivity contribution < 1.29 is 38.0 Å². The van der Waals surface area contributed by atoms with E-state index < -0.39 is 53.3 Å². The number of carbonyl (C=O) groups is 5. The zero-order valence-electron chi connectivity index (χ0n) is 29.8. The third kappa shape index (κ3) is 8.56. The fourth-order valence-corrected chi connectivity index (χ4v) is 6.35. The minimum atomic E-state index is -1.46. The molecule has 4 aromatic rings.